The van der Waals surface area contributed by atoms with E-state index in [4.69, 9.17) is 4.42 Å². The van der Waals surface area contributed by atoms with Gasteiger partial charge in [-0.2, -0.15) is 4.80 Å². The van der Waals surface area contributed by atoms with Gasteiger partial charge in [-0.15, -0.1) is 10.2 Å². The highest BCUT2D eigenvalue weighted by Gasteiger charge is 2.10. The highest BCUT2D eigenvalue weighted by molar-refractivity contribution is 5.75. The summed E-state index contributed by atoms with van der Waals surface area (Å²) in [6, 6.07) is 3.45. The van der Waals surface area contributed by atoms with Crippen molar-refractivity contribution in [2.45, 2.75) is 13.1 Å². The molecular weight excluding hydrogens is 262 g/mol. The van der Waals surface area contributed by atoms with Crippen molar-refractivity contribution in [2.24, 2.45) is 0 Å². The number of carbonyl (C=O) groups is 1. The number of imidazole rings is 1. The second-order valence-electron chi connectivity index (χ2n) is 3.93. The van der Waals surface area contributed by atoms with E-state index in [-0.39, 0.29) is 12.5 Å². The maximum atomic E-state index is 11.7. The Bertz CT molecular complexity index is 672. The molecule has 0 saturated heterocycles. The van der Waals surface area contributed by atoms with E-state index < -0.39 is 0 Å². The van der Waals surface area contributed by atoms with Gasteiger partial charge in [0.25, 0.3) is 0 Å². The van der Waals surface area contributed by atoms with Crippen LogP contribution in [0, 0.1) is 0 Å². The molecule has 0 radical (unpaired) electrons. The molecular formula is C11H11N7O2. The Balaban J connectivity index is 1.56. The number of hydrogen-bond donors (Lipinski definition) is 2. The summed E-state index contributed by atoms with van der Waals surface area (Å²) in [5.74, 6) is 1.30. The largest absolute Gasteiger partial charge is 0.461 e. The predicted molar refractivity (Wildman–Crippen MR) is 66.0 cm³/mol. The van der Waals surface area contributed by atoms with Crippen LogP contribution in [0.25, 0.3) is 11.6 Å². The molecule has 3 rings (SSSR count). The number of furan rings is 1. The number of hydrogen-bond acceptors (Lipinski definition) is 6. The molecule has 2 N–H and O–H groups in total. The van der Waals surface area contributed by atoms with Crippen LogP contribution in [-0.4, -0.2) is 36.1 Å². The number of aromatic amines is 1. The van der Waals surface area contributed by atoms with Crippen molar-refractivity contribution in [1.29, 1.82) is 0 Å². The molecule has 0 unspecified atom stereocenters. The van der Waals surface area contributed by atoms with Gasteiger partial charge >= 0.3 is 0 Å². The van der Waals surface area contributed by atoms with Crippen LogP contribution in [0.2, 0.25) is 0 Å². The Labute approximate surface area is 113 Å². The maximum Gasteiger partial charge on any atom is 0.244 e. The van der Waals surface area contributed by atoms with Gasteiger partial charge in [0, 0.05) is 12.4 Å². The van der Waals surface area contributed by atoms with E-state index in [2.05, 4.69) is 30.7 Å². The highest BCUT2D eigenvalue weighted by Crippen LogP contribution is 2.12. The SMILES string of the molecule is O=C(Cn1nnc(-c2ccco2)n1)NCc1ncc[nH]1. The third-order valence-electron chi connectivity index (χ3n) is 2.49. The number of tetrazole rings is 1. The standard InChI is InChI=1S/C11H11N7O2/c19-10(14-6-9-12-3-4-13-9)7-18-16-11(15-17-18)8-2-1-5-20-8/h1-5H,6-7H2,(H,12,13)(H,14,19). The van der Waals surface area contributed by atoms with Crippen molar-refractivity contribution in [3.05, 3.63) is 36.6 Å². The van der Waals surface area contributed by atoms with Gasteiger partial charge in [0.2, 0.25) is 11.7 Å². The monoisotopic (exact) mass is 273 g/mol. The highest BCUT2D eigenvalue weighted by atomic mass is 16.3. The summed E-state index contributed by atoms with van der Waals surface area (Å²) < 4.78 is 5.14. The quantitative estimate of drug-likeness (QED) is 0.674. The molecule has 0 aliphatic heterocycles. The molecule has 0 saturated carbocycles. The number of H-pyrrole nitrogens is 1. The third kappa shape index (κ3) is 2.71. The minimum atomic E-state index is -0.232. The van der Waals surface area contributed by atoms with Crippen LogP contribution in [0.4, 0.5) is 0 Å². The molecule has 1 amide bonds. The Morgan fingerprint density at radius 2 is 2.45 bits per heavy atom. The van der Waals surface area contributed by atoms with Crippen molar-refractivity contribution >= 4 is 5.91 Å². The second-order valence-corrected chi connectivity index (χ2v) is 3.93. The fourth-order valence-corrected chi connectivity index (χ4v) is 1.58. The molecule has 3 aromatic rings. The molecule has 0 fully saturated rings. The fraction of sp³-hybridized carbons (Fsp3) is 0.182. The molecule has 0 aliphatic rings. The number of amides is 1. The first-order chi connectivity index (χ1) is 9.81. The van der Waals surface area contributed by atoms with Crippen LogP contribution in [0.1, 0.15) is 5.82 Å². The number of carbonyl (C=O) groups excluding carboxylic acids is 1. The van der Waals surface area contributed by atoms with Crippen molar-refractivity contribution in [2.75, 3.05) is 0 Å². The van der Waals surface area contributed by atoms with Gasteiger partial charge in [-0.1, -0.05) is 0 Å². The van der Waals surface area contributed by atoms with E-state index in [0.29, 0.717) is 24.0 Å². The van der Waals surface area contributed by atoms with Gasteiger partial charge in [0.05, 0.1) is 12.8 Å². The summed E-state index contributed by atoms with van der Waals surface area (Å²) in [4.78, 5) is 19.8. The van der Waals surface area contributed by atoms with Crippen LogP contribution in [0.3, 0.4) is 0 Å². The van der Waals surface area contributed by atoms with E-state index in [1.807, 2.05) is 0 Å². The molecule has 0 atom stereocenters. The third-order valence-corrected chi connectivity index (χ3v) is 2.49. The molecule has 0 aromatic carbocycles. The Hall–Kier alpha value is -2.97. The number of rotatable bonds is 5. The van der Waals surface area contributed by atoms with E-state index in [9.17, 15) is 4.79 Å². The lowest BCUT2D eigenvalue weighted by Crippen LogP contribution is -2.28. The van der Waals surface area contributed by atoms with Gasteiger partial charge in [0.1, 0.15) is 12.4 Å². The van der Waals surface area contributed by atoms with Gasteiger partial charge in [-0.05, 0) is 17.3 Å². The van der Waals surface area contributed by atoms with Crippen LogP contribution < -0.4 is 5.32 Å². The number of nitrogens with zero attached hydrogens (tertiary/aromatic N) is 5. The second kappa shape index (κ2) is 5.34. The number of nitrogens with one attached hydrogen (secondary N) is 2. The Morgan fingerprint density at radius 3 is 3.20 bits per heavy atom. The lowest BCUT2D eigenvalue weighted by Gasteiger charge is -2.01. The Kier molecular flexibility index (Phi) is 3.23. The zero-order valence-corrected chi connectivity index (χ0v) is 10.4. The molecule has 102 valence electrons. The van der Waals surface area contributed by atoms with Gasteiger partial charge in [-0.3, -0.25) is 4.79 Å². The summed E-state index contributed by atoms with van der Waals surface area (Å²) in [5, 5.41) is 14.3. The van der Waals surface area contributed by atoms with Gasteiger partial charge in [-0.25, -0.2) is 4.98 Å². The average Bonchev–Trinajstić information content (AvgIpc) is 3.18. The first kappa shape index (κ1) is 12.1. The molecule has 3 heterocycles. The zero-order chi connectivity index (χ0) is 13.8. The fourth-order valence-electron chi connectivity index (χ4n) is 1.58. The lowest BCUT2D eigenvalue weighted by molar-refractivity contribution is -0.122. The normalized spacial score (nSPS) is 10.6. The van der Waals surface area contributed by atoms with Crippen LogP contribution >= 0.6 is 0 Å². The average molecular weight is 273 g/mol. The molecule has 9 nitrogen and oxygen atoms in total. The van der Waals surface area contributed by atoms with Crippen molar-refractivity contribution in [3.8, 4) is 11.6 Å². The number of aromatic nitrogens is 6. The summed E-state index contributed by atoms with van der Waals surface area (Å²) in [6.07, 6.45) is 4.83. The van der Waals surface area contributed by atoms with E-state index in [1.165, 1.54) is 11.1 Å². The molecule has 20 heavy (non-hydrogen) atoms. The lowest BCUT2D eigenvalue weighted by atomic mass is 10.4. The summed E-state index contributed by atoms with van der Waals surface area (Å²) in [6.45, 7) is 0.306. The summed E-state index contributed by atoms with van der Waals surface area (Å²) in [7, 11) is 0. The smallest absolute Gasteiger partial charge is 0.244 e. The van der Waals surface area contributed by atoms with Crippen molar-refractivity contribution in [1.82, 2.24) is 35.5 Å². The van der Waals surface area contributed by atoms with Crippen LogP contribution in [-0.2, 0) is 17.9 Å². The minimum Gasteiger partial charge on any atom is -0.461 e. The maximum absolute atomic E-state index is 11.7. The topological polar surface area (TPSA) is 115 Å². The van der Waals surface area contributed by atoms with Gasteiger partial charge < -0.3 is 14.7 Å². The van der Waals surface area contributed by atoms with Crippen molar-refractivity contribution < 1.29 is 9.21 Å². The van der Waals surface area contributed by atoms with Gasteiger partial charge in [0.15, 0.2) is 5.76 Å². The molecule has 3 aromatic heterocycles. The van der Waals surface area contributed by atoms with E-state index in [1.54, 1.807) is 24.5 Å². The predicted octanol–water partition coefficient (Wildman–Crippen LogP) is -0.0274. The molecule has 0 bridgehead atoms. The molecule has 0 aliphatic carbocycles. The van der Waals surface area contributed by atoms with E-state index >= 15 is 0 Å². The van der Waals surface area contributed by atoms with Crippen LogP contribution in [0.5, 0.6) is 0 Å². The summed E-state index contributed by atoms with van der Waals surface area (Å²) in [5.41, 5.74) is 0. The van der Waals surface area contributed by atoms with Crippen molar-refractivity contribution in [3.63, 3.8) is 0 Å². The van der Waals surface area contributed by atoms with Crippen LogP contribution in [0.15, 0.2) is 35.2 Å². The first-order valence-electron chi connectivity index (χ1n) is 5.88. The molecule has 9 heteroatoms. The minimum absolute atomic E-state index is 0.0194. The molecule has 0 spiro atoms. The summed E-state index contributed by atoms with van der Waals surface area (Å²) >= 11 is 0. The van der Waals surface area contributed by atoms with E-state index in [0.717, 1.165) is 0 Å². The first-order valence-corrected chi connectivity index (χ1v) is 5.88. The zero-order valence-electron chi connectivity index (χ0n) is 10.4. The Morgan fingerprint density at radius 1 is 1.50 bits per heavy atom.